The lowest BCUT2D eigenvalue weighted by Gasteiger charge is -2.22. The summed E-state index contributed by atoms with van der Waals surface area (Å²) in [4.78, 5) is 0. The molecule has 0 aliphatic heterocycles. The van der Waals surface area contributed by atoms with Gasteiger partial charge in [0.1, 0.15) is 24.0 Å². The van der Waals surface area contributed by atoms with Crippen molar-refractivity contribution in [1.82, 2.24) is 0 Å². The van der Waals surface area contributed by atoms with Gasteiger partial charge < -0.3 is 9.47 Å². The fraction of sp³-hybridized carbons (Fsp3) is 0.333. The molecule has 2 rings (SSSR count). The minimum Gasteiger partial charge on any atom is -0.456 e. The Morgan fingerprint density at radius 1 is 0.724 bits per heavy atom. The Bertz CT molecular complexity index is 876. The molecule has 0 heterocycles. The maximum absolute atomic E-state index is 5.82. The average Bonchev–Trinajstić information content (AvgIpc) is 2.64. The van der Waals surface area contributed by atoms with Gasteiger partial charge in [-0.1, -0.05) is 90.4 Å². The van der Waals surface area contributed by atoms with E-state index in [2.05, 4.69) is 103 Å². The van der Waals surface area contributed by atoms with Crippen molar-refractivity contribution in [1.29, 1.82) is 0 Å². The van der Waals surface area contributed by atoms with E-state index in [1.54, 1.807) is 0 Å². The van der Waals surface area contributed by atoms with Crippen molar-refractivity contribution in [2.24, 2.45) is 0 Å². The van der Waals surface area contributed by atoms with Gasteiger partial charge in [0.05, 0.1) is 0 Å². The number of hydrogen-bond donors (Lipinski definition) is 0. The summed E-state index contributed by atoms with van der Waals surface area (Å²) in [6.45, 7) is 20.3. The monoisotopic (exact) mass is 388 g/mol. The van der Waals surface area contributed by atoms with Gasteiger partial charge in [0, 0.05) is 6.42 Å². The van der Waals surface area contributed by atoms with E-state index >= 15 is 0 Å². The summed E-state index contributed by atoms with van der Waals surface area (Å²) in [6.07, 6.45) is 3.66. The number of rotatable bonds is 6. The first-order chi connectivity index (χ1) is 13.6. The molecule has 0 atom stereocenters. The minimum absolute atomic E-state index is 0.0336. The standard InChI is InChI=1S/C27H32O2/c1-9-15-28-24-18-22(26(3,4)5)13-11-20(24)17-21-12-14-23(27(6,7)8)19-25(21)29-16-10-2/h11-16,18-19H,1-2,17H2,3-8H3. The molecule has 0 bridgehead atoms. The van der Waals surface area contributed by atoms with Gasteiger partial charge in [0.15, 0.2) is 0 Å². The van der Waals surface area contributed by atoms with Crippen LogP contribution in [-0.2, 0) is 17.3 Å². The van der Waals surface area contributed by atoms with E-state index < -0.39 is 0 Å². The Labute approximate surface area is 175 Å². The van der Waals surface area contributed by atoms with Gasteiger partial charge in [-0.2, -0.15) is 0 Å². The van der Waals surface area contributed by atoms with Crippen molar-refractivity contribution in [2.75, 3.05) is 0 Å². The molecule has 2 aromatic rings. The second-order valence-electron chi connectivity index (χ2n) is 9.20. The van der Waals surface area contributed by atoms with Crippen LogP contribution >= 0.6 is 0 Å². The highest BCUT2D eigenvalue weighted by Crippen LogP contribution is 2.34. The Morgan fingerprint density at radius 3 is 1.41 bits per heavy atom. The Balaban J connectivity index is 2.51. The molecular formula is C27H32O2. The molecule has 2 nitrogen and oxygen atoms in total. The largest absolute Gasteiger partial charge is 0.456 e. The highest BCUT2D eigenvalue weighted by molar-refractivity contribution is 5.47. The first-order valence-corrected chi connectivity index (χ1v) is 9.85. The molecule has 0 N–H and O–H groups in total. The molecule has 0 saturated heterocycles. The Morgan fingerprint density at radius 2 is 1.10 bits per heavy atom. The molecule has 0 aliphatic carbocycles. The molecule has 29 heavy (non-hydrogen) atoms. The van der Waals surface area contributed by atoms with Gasteiger partial charge in [-0.05, 0) is 45.2 Å². The van der Waals surface area contributed by atoms with Crippen LogP contribution in [0.1, 0.15) is 63.8 Å². The van der Waals surface area contributed by atoms with Crippen molar-refractivity contribution in [3.63, 3.8) is 0 Å². The van der Waals surface area contributed by atoms with E-state index in [4.69, 9.17) is 9.47 Å². The van der Waals surface area contributed by atoms with E-state index in [0.29, 0.717) is 6.42 Å². The minimum atomic E-state index is 0.0336. The number of benzene rings is 2. The highest BCUT2D eigenvalue weighted by Gasteiger charge is 2.19. The summed E-state index contributed by atoms with van der Waals surface area (Å²) >= 11 is 0. The van der Waals surface area contributed by atoms with E-state index in [0.717, 1.165) is 22.6 Å². The van der Waals surface area contributed by atoms with Crippen molar-refractivity contribution < 1.29 is 9.47 Å². The summed E-state index contributed by atoms with van der Waals surface area (Å²) < 4.78 is 11.6. The molecular weight excluding hydrogens is 356 g/mol. The summed E-state index contributed by atoms with van der Waals surface area (Å²) in [6, 6.07) is 12.8. The zero-order valence-corrected chi connectivity index (χ0v) is 18.6. The fourth-order valence-corrected chi connectivity index (χ4v) is 2.97. The van der Waals surface area contributed by atoms with Crippen LogP contribution in [0.15, 0.2) is 73.5 Å². The first-order valence-electron chi connectivity index (χ1n) is 9.85. The van der Waals surface area contributed by atoms with Crippen LogP contribution in [0.4, 0.5) is 0 Å². The van der Waals surface area contributed by atoms with E-state index in [1.165, 1.54) is 23.7 Å². The van der Waals surface area contributed by atoms with Crippen LogP contribution < -0.4 is 9.47 Å². The van der Waals surface area contributed by atoms with Crippen molar-refractivity contribution in [3.05, 3.63) is 95.8 Å². The summed E-state index contributed by atoms with van der Waals surface area (Å²) in [5.74, 6) is 1.61. The van der Waals surface area contributed by atoms with Crippen LogP contribution in [0.5, 0.6) is 11.5 Å². The summed E-state index contributed by atoms with van der Waals surface area (Å²) in [5, 5.41) is 0. The Hall–Kier alpha value is -2.92. The molecule has 2 aromatic carbocycles. The fourth-order valence-electron chi connectivity index (χ4n) is 2.97. The second-order valence-corrected chi connectivity index (χ2v) is 9.20. The molecule has 0 radical (unpaired) electrons. The van der Waals surface area contributed by atoms with Gasteiger partial charge in [0.25, 0.3) is 0 Å². The van der Waals surface area contributed by atoms with Gasteiger partial charge in [0.2, 0.25) is 0 Å². The molecule has 0 amide bonds. The zero-order chi connectivity index (χ0) is 21.7. The van der Waals surface area contributed by atoms with Crippen molar-refractivity contribution in [2.45, 2.75) is 58.8 Å². The predicted octanol–water partition coefficient (Wildman–Crippen LogP) is 7.23. The summed E-state index contributed by atoms with van der Waals surface area (Å²) in [5.41, 5.74) is 10.0. The molecule has 0 spiro atoms. The molecule has 0 aliphatic rings. The van der Waals surface area contributed by atoms with Crippen LogP contribution in [0.2, 0.25) is 0 Å². The maximum Gasteiger partial charge on any atom is 0.133 e. The van der Waals surface area contributed by atoms with Crippen LogP contribution in [0, 0.1) is 0 Å². The van der Waals surface area contributed by atoms with Crippen molar-refractivity contribution >= 4 is 0 Å². The number of ether oxygens (including phenoxy) is 2. The second kappa shape index (κ2) is 9.05. The smallest absolute Gasteiger partial charge is 0.133 e. The van der Waals surface area contributed by atoms with Gasteiger partial charge >= 0.3 is 0 Å². The molecule has 0 aromatic heterocycles. The van der Waals surface area contributed by atoms with Crippen LogP contribution in [0.3, 0.4) is 0 Å². The molecule has 0 saturated carbocycles. The molecule has 0 fully saturated rings. The first kappa shape index (κ1) is 22.4. The lowest BCUT2D eigenvalue weighted by atomic mass is 9.85. The molecule has 0 unspecified atom stereocenters. The van der Waals surface area contributed by atoms with Gasteiger partial charge in [-0.25, -0.2) is 0 Å². The van der Waals surface area contributed by atoms with Gasteiger partial charge in [-0.15, -0.1) is 0 Å². The van der Waals surface area contributed by atoms with E-state index in [-0.39, 0.29) is 10.8 Å². The normalized spacial score (nSPS) is 11.2. The molecule has 152 valence electrons. The third-order valence-corrected chi connectivity index (χ3v) is 4.79. The third-order valence-electron chi connectivity index (χ3n) is 4.79. The third kappa shape index (κ3) is 6.03. The lowest BCUT2D eigenvalue weighted by Crippen LogP contribution is -2.12. The maximum atomic E-state index is 5.82. The highest BCUT2D eigenvalue weighted by atomic mass is 16.5. The molecule has 2 heteroatoms. The average molecular weight is 389 g/mol. The van der Waals surface area contributed by atoms with Crippen LogP contribution in [-0.4, -0.2) is 0 Å². The number of hydrogen-bond acceptors (Lipinski definition) is 2. The SMILES string of the molecule is C=C=COc1cc(C(C)(C)C)ccc1Cc1ccc(C(C)(C)C)cc1OC=C=C. The van der Waals surface area contributed by atoms with E-state index in [1.807, 2.05) is 0 Å². The Kier molecular flexibility index (Phi) is 6.98. The van der Waals surface area contributed by atoms with E-state index in [9.17, 15) is 0 Å². The quantitative estimate of drug-likeness (QED) is 0.384. The lowest BCUT2D eigenvalue weighted by molar-refractivity contribution is 0.466. The summed E-state index contributed by atoms with van der Waals surface area (Å²) in [7, 11) is 0. The zero-order valence-electron chi connectivity index (χ0n) is 18.6. The van der Waals surface area contributed by atoms with Gasteiger partial charge in [-0.3, -0.25) is 0 Å². The predicted molar refractivity (Wildman–Crippen MR) is 122 cm³/mol. The van der Waals surface area contributed by atoms with Crippen molar-refractivity contribution in [3.8, 4) is 11.5 Å². The topological polar surface area (TPSA) is 18.5 Å². The van der Waals surface area contributed by atoms with Crippen LogP contribution in [0.25, 0.3) is 0 Å².